The van der Waals surface area contributed by atoms with Gasteiger partial charge in [0.25, 0.3) is 0 Å². The van der Waals surface area contributed by atoms with Crippen LogP contribution in [0.2, 0.25) is 10.0 Å². The number of hydrogen-bond donors (Lipinski definition) is 1. The van der Waals surface area contributed by atoms with E-state index >= 15 is 0 Å². The van der Waals surface area contributed by atoms with Crippen molar-refractivity contribution in [2.45, 2.75) is 13.3 Å². The van der Waals surface area contributed by atoms with Crippen molar-refractivity contribution < 1.29 is 0 Å². The van der Waals surface area contributed by atoms with Crippen LogP contribution in [0.3, 0.4) is 0 Å². The molecule has 0 unspecified atom stereocenters. The second-order valence-electron chi connectivity index (χ2n) is 3.97. The number of aromatic nitrogens is 2. The van der Waals surface area contributed by atoms with Gasteiger partial charge in [-0.25, -0.2) is 9.97 Å². The molecule has 19 heavy (non-hydrogen) atoms. The van der Waals surface area contributed by atoms with Crippen molar-refractivity contribution in [2.75, 3.05) is 5.73 Å². The Kier molecular flexibility index (Phi) is 3.89. The Labute approximate surface area is 120 Å². The van der Waals surface area contributed by atoms with Gasteiger partial charge in [-0.05, 0) is 24.6 Å². The number of halogens is 2. The quantitative estimate of drug-likeness (QED) is 0.922. The van der Waals surface area contributed by atoms with Crippen LogP contribution in [0.1, 0.15) is 22.6 Å². The molecule has 0 aliphatic carbocycles. The molecule has 0 aliphatic heterocycles. The molecule has 2 aromatic rings. The molecular weight excluding hydrogens is 283 g/mol. The molecular formula is C13H10Cl2N4. The van der Waals surface area contributed by atoms with Crippen LogP contribution in [0.25, 0.3) is 0 Å². The highest BCUT2D eigenvalue weighted by molar-refractivity contribution is 6.36. The van der Waals surface area contributed by atoms with Gasteiger partial charge in [0.2, 0.25) is 0 Å². The molecule has 0 saturated carbocycles. The predicted octanol–water partition coefficient (Wildman–Crippen LogP) is 3.14. The molecule has 6 heteroatoms. The average molecular weight is 293 g/mol. The van der Waals surface area contributed by atoms with Crippen molar-refractivity contribution in [1.29, 1.82) is 5.26 Å². The lowest BCUT2D eigenvalue weighted by molar-refractivity contribution is 0.943. The van der Waals surface area contributed by atoms with E-state index in [4.69, 9.17) is 34.2 Å². The molecule has 0 amide bonds. The van der Waals surface area contributed by atoms with Crippen molar-refractivity contribution in [3.63, 3.8) is 0 Å². The zero-order valence-corrected chi connectivity index (χ0v) is 11.6. The molecule has 0 saturated heterocycles. The van der Waals surface area contributed by atoms with Gasteiger partial charge in [-0.3, -0.25) is 0 Å². The van der Waals surface area contributed by atoms with Crippen LogP contribution < -0.4 is 5.73 Å². The Bertz CT molecular complexity index is 634. The number of nitrogens with two attached hydrogens (primary N) is 1. The minimum Gasteiger partial charge on any atom is -0.382 e. The van der Waals surface area contributed by atoms with Gasteiger partial charge >= 0.3 is 0 Å². The minimum atomic E-state index is 0.174. The van der Waals surface area contributed by atoms with E-state index < -0.39 is 0 Å². The van der Waals surface area contributed by atoms with Crippen LogP contribution in [0, 0.1) is 18.3 Å². The molecule has 0 fully saturated rings. The molecule has 0 bridgehead atoms. The normalized spacial score (nSPS) is 10.2. The second kappa shape index (κ2) is 5.43. The third-order valence-electron chi connectivity index (χ3n) is 2.67. The summed E-state index contributed by atoms with van der Waals surface area (Å²) in [6.07, 6.45) is 0.370. The topological polar surface area (TPSA) is 75.6 Å². The lowest BCUT2D eigenvalue weighted by atomic mass is 10.1. The van der Waals surface area contributed by atoms with Crippen LogP contribution in [0.5, 0.6) is 0 Å². The smallest absolute Gasteiger partial charge is 0.145 e. The highest BCUT2D eigenvalue weighted by atomic mass is 35.5. The molecule has 2 N–H and O–H groups in total. The van der Waals surface area contributed by atoms with Gasteiger partial charge in [-0.15, -0.1) is 0 Å². The Hall–Kier alpha value is -1.83. The molecule has 0 aliphatic rings. The molecule has 4 nitrogen and oxygen atoms in total. The van der Waals surface area contributed by atoms with Crippen LogP contribution in [0.15, 0.2) is 18.2 Å². The van der Waals surface area contributed by atoms with Crippen molar-refractivity contribution in [2.24, 2.45) is 0 Å². The van der Waals surface area contributed by atoms with E-state index in [1.165, 1.54) is 0 Å². The summed E-state index contributed by atoms with van der Waals surface area (Å²) in [5.74, 6) is 0.664. The summed E-state index contributed by atoms with van der Waals surface area (Å²) in [5, 5.41) is 10.0. The van der Waals surface area contributed by atoms with Crippen molar-refractivity contribution in [3.8, 4) is 6.07 Å². The fraction of sp³-hybridized carbons (Fsp3) is 0.154. The summed E-state index contributed by atoms with van der Waals surface area (Å²) in [6, 6.07) is 7.25. The van der Waals surface area contributed by atoms with Gasteiger partial charge in [0.05, 0.1) is 5.69 Å². The van der Waals surface area contributed by atoms with E-state index in [-0.39, 0.29) is 5.82 Å². The van der Waals surface area contributed by atoms with Crippen LogP contribution in [-0.4, -0.2) is 9.97 Å². The van der Waals surface area contributed by atoms with E-state index in [0.717, 1.165) is 5.56 Å². The Morgan fingerprint density at radius 1 is 1.26 bits per heavy atom. The highest BCUT2D eigenvalue weighted by Crippen LogP contribution is 2.26. The van der Waals surface area contributed by atoms with Crippen LogP contribution in [-0.2, 0) is 6.42 Å². The number of nitriles is 1. The maximum absolute atomic E-state index is 8.92. The highest BCUT2D eigenvalue weighted by Gasteiger charge is 2.12. The molecule has 1 aromatic carbocycles. The fourth-order valence-electron chi connectivity index (χ4n) is 1.73. The molecule has 0 spiro atoms. The number of hydrogen-bond acceptors (Lipinski definition) is 4. The van der Waals surface area contributed by atoms with Crippen LogP contribution >= 0.6 is 23.2 Å². The zero-order valence-electron chi connectivity index (χ0n) is 10.1. The first-order valence-corrected chi connectivity index (χ1v) is 6.24. The second-order valence-corrected chi connectivity index (χ2v) is 4.79. The fourth-order valence-corrected chi connectivity index (χ4v) is 2.26. The summed E-state index contributed by atoms with van der Waals surface area (Å²) in [5.41, 5.74) is 7.32. The van der Waals surface area contributed by atoms with Gasteiger partial charge in [0, 0.05) is 16.5 Å². The van der Waals surface area contributed by atoms with Crippen molar-refractivity contribution in [1.82, 2.24) is 9.97 Å². The Balaban J connectivity index is 2.43. The number of aryl methyl sites for hydroxylation is 1. The standard InChI is InChI=1S/C13H10Cl2N4/c1-7-9(6-16)13(17)19-12(18-7)5-8-10(14)3-2-4-11(8)15/h2-4H,5H2,1H3,(H2,17,18,19). The molecule has 96 valence electrons. The van der Waals surface area contributed by atoms with Gasteiger partial charge in [-0.1, -0.05) is 29.3 Å². The van der Waals surface area contributed by atoms with E-state index in [2.05, 4.69) is 9.97 Å². The lowest BCUT2D eigenvalue weighted by Crippen LogP contribution is -2.06. The van der Waals surface area contributed by atoms with Crippen molar-refractivity contribution >= 4 is 29.0 Å². The van der Waals surface area contributed by atoms with E-state index in [9.17, 15) is 0 Å². The number of anilines is 1. The maximum atomic E-state index is 8.92. The Morgan fingerprint density at radius 2 is 1.89 bits per heavy atom. The third kappa shape index (κ3) is 2.78. The summed E-state index contributed by atoms with van der Waals surface area (Å²) < 4.78 is 0. The minimum absolute atomic E-state index is 0.174. The lowest BCUT2D eigenvalue weighted by Gasteiger charge is -2.08. The van der Waals surface area contributed by atoms with Gasteiger partial charge in [0.1, 0.15) is 23.3 Å². The first-order chi connectivity index (χ1) is 9.02. The SMILES string of the molecule is Cc1nc(Cc2c(Cl)cccc2Cl)nc(N)c1C#N. The number of rotatable bonds is 2. The molecule has 0 atom stereocenters. The van der Waals surface area contributed by atoms with Crippen molar-refractivity contribution in [3.05, 3.63) is 50.9 Å². The molecule has 1 aromatic heterocycles. The van der Waals surface area contributed by atoms with Gasteiger partial charge < -0.3 is 5.73 Å². The van der Waals surface area contributed by atoms with E-state index in [0.29, 0.717) is 33.5 Å². The summed E-state index contributed by atoms with van der Waals surface area (Å²) in [7, 11) is 0. The summed E-state index contributed by atoms with van der Waals surface area (Å²) >= 11 is 12.2. The largest absolute Gasteiger partial charge is 0.382 e. The zero-order chi connectivity index (χ0) is 14.0. The van der Waals surface area contributed by atoms with Gasteiger partial charge in [-0.2, -0.15) is 5.26 Å². The maximum Gasteiger partial charge on any atom is 0.145 e. The molecule has 0 radical (unpaired) electrons. The first-order valence-electron chi connectivity index (χ1n) is 5.49. The average Bonchev–Trinajstić information content (AvgIpc) is 2.34. The van der Waals surface area contributed by atoms with E-state index in [1.807, 2.05) is 6.07 Å². The third-order valence-corrected chi connectivity index (χ3v) is 3.38. The van der Waals surface area contributed by atoms with E-state index in [1.54, 1.807) is 25.1 Å². The first kappa shape index (κ1) is 13.6. The number of nitrogen functional groups attached to an aromatic ring is 1. The predicted molar refractivity (Wildman–Crippen MR) is 75.2 cm³/mol. The molecule has 1 heterocycles. The van der Waals surface area contributed by atoms with Crippen LogP contribution in [0.4, 0.5) is 5.82 Å². The Morgan fingerprint density at radius 3 is 2.42 bits per heavy atom. The van der Waals surface area contributed by atoms with Gasteiger partial charge in [0.15, 0.2) is 0 Å². The number of benzene rings is 1. The molecule has 2 rings (SSSR count). The monoisotopic (exact) mass is 292 g/mol. The summed E-state index contributed by atoms with van der Waals surface area (Å²) in [4.78, 5) is 8.36. The summed E-state index contributed by atoms with van der Waals surface area (Å²) in [6.45, 7) is 1.72. The number of nitrogens with zero attached hydrogens (tertiary/aromatic N) is 3.